The zero-order valence-corrected chi connectivity index (χ0v) is 16.3. The van der Waals surface area contributed by atoms with E-state index >= 15 is 0 Å². The maximum atomic E-state index is 9.72. The van der Waals surface area contributed by atoms with E-state index in [1.807, 2.05) is 30.5 Å². The van der Waals surface area contributed by atoms with E-state index in [9.17, 15) is 5.11 Å². The first-order chi connectivity index (χ1) is 14.7. The van der Waals surface area contributed by atoms with E-state index in [-0.39, 0.29) is 18.8 Å². The van der Waals surface area contributed by atoms with Gasteiger partial charge in [0, 0.05) is 17.8 Å². The Morgan fingerprint density at radius 3 is 2.73 bits per heavy atom. The van der Waals surface area contributed by atoms with Crippen LogP contribution in [0.2, 0.25) is 0 Å². The van der Waals surface area contributed by atoms with Crippen molar-refractivity contribution in [2.75, 3.05) is 11.9 Å². The maximum absolute atomic E-state index is 9.72. The lowest BCUT2D eigenvalue weighted by Crippen LogP contribution is -2.18. The van der Waals surface area contributed by atoms with Crippen LogP contribution >= 0.6 is 0 Å². The second-order valence-corrected chi connectivity index (χ2v) is 7.47. The van der Waals surface area contributed by atoms with Crippen LogP contribution in [0.25, 0.3) is 28.0 Å². The van der Waals surface area contributed by atoms with Gasteiger partial charge in [0.1, 0.15) is 0 Å². The number of hydrogen-bond donors (Lipinski definition) is 3. The molecule has 10 nitrogen and oxygen atoms in total. The van der Waals surface area contributed by atoms with Crippen LogP contribution in [0, 0.1) is 0 Å². The number of nitrogens with one attached hydrogen (secondary N) is 1. The highest BCUT2D eigenvalue weighted by molar-refractivity contribution is 5.72. The summed E-state index contributed by atoms with van der Waals surface area (Å²) in [6.45, 7) is 0.526. The molecule has 2 atom stereocenters. The second-order valence-electron chi connectivity index (χ2n) is 7.47. The first kappa shape index (κ1) is 18.6. The van der Waals surface area contributed by atoms with Gasteiger partial charge < -0.3 is 15.5 Å². The van der Waals surface area contributed by atoms with Crippen molar-refractivity contribution in [2.45, 2.75) is 38.0 Å². The predicted octanol–water partition coefficient (Wildman–Crippen LogP) is 1.39. The van der Waals surface area contributed by atoms with E-state index in [1.165, 1.54) is 0 Å². The predicted molar refractivity (Wildman–Crippen MR) is 110 cm³/mol. The second kappa shape index (κ2) is 7.81. The number of hydrogen-bond acceptors (Lipinski definition) is 8. The lowest BCUT2D eigenvalue weighted by atomic mass is 10.1. The minimum absolute atomic E-state index is 0.0550. The number of anilines is 1. The van der Waals surface area contributed by atoms with Crippen molar-refractivity contribution in [1.29, 1.82) is 0 Å². The topological polar surface area (TPSA) is 127 Å². The molecule has 4 aromatic rings. The standard InChI is InChI=1S/C20H22N8O2/c29-8-7-27-12-14(10-22-27)13-1-4-16(5-2-13)28-19-18(25-26-28)11-21-20(24-19)23-15-3-6-17(30)9-15/h1-2,4-5,10-12,15,17,29-30H,3,6-9H2,(H,21,23,24)/t15-,17-/m1/s1. The van der Waals surface area contributed by atoms with E-state index in [4.69, 9.17) is 5.11 Å². The Morgan fingerprint density at radius 1 is 1.10 bits per heavy atom. The van der Waals surface area contributed by atoms with Crippen LogP contribution in [0.3, 0.4) is 0 Å². The third kappa shape index (κ3) is 3.62. The number of rotatable bonds is 6. The molecule has 1 aliphatic rings. The molecular weight excluding hydrogens is 384 g/mol. The summed E-state index contributed by atoms with van der Waals surface area (Å²) in [7, 11) is 0. The van der Waals surface area contributed by atoms with Crippen molar-refractivity contribution < 1.29 is 10.2 Å². The van der Waals surface area contributed by atoms with Gasteiger partial charge >= 0.3 is 0 Å². The lowest BCUT2D eigenvalue weighted by molar-refractivity contribution is 0.182. The lowest BCUT2D eigenvalue weighted by Gasteiger charge is -2.11. The molecule has 0 spiro atoms. The number of aliphatic hydroxyl groups excluding tert-OH is 2. The molecule has 3 N–H and O–H groups in total. The molecule has 154 valence electrons. The van der Waals surface area contributed by atoms with E-state index < -0.39 is 0 Å². The number of aliphatic hydroxyl groups is 2. The van der Waals surface area contributed by atoms with Crippen LogP contribution in [0.1, 0.15) is 19.3 Å². The molecule has 0 amide bonds. The number of aromatic nitrogens is 7. The summed E-state index contributed by atoms with van der Waals surface area (Å²) in [5.41, 5.74) is 4.07. The van der Waals surface area contributed by atoms with Gasteiger partial charge in [-0.3, -0.25) is 4.68 Å². The highest BCUT2D eigenvalue weighted by Crippen LogP contribution is 2.24. The molecule has 0 bridgehead atoms. The van der Waals surface area contributed by atoms with Gasteiger partial charge in [-0.05, 0) is 37.0 Å². The normalized spacial score (nSPS) is 18.9. The minimum atomic E-state index is -0.257. The van der Waals surface area contributed by atoms with Crippen molar-refractivity contribution in [1.82, 2.24) is 34.7 Å². The third-order valence-electron chi connectivity index (χ3n) is 5.34. The van der Waals surface area contributed by atoms with E-state index in [0.29, 0.717) is 30.1 Å². The number of nitrogens with zero attached hydrogens (tertiary/aromatic N) is 7. The molecule has 0 radical (unpaired) electrons. The van der Waals surface area contributed by atoms with E-state index in [1.54, 1.807) is 21.8 Å². The zero-order chi connectivity index (χ0) is 20.5. The largest absolute Gasteiger partial charge is 0.394 e. The van der Waals surface area contributed by atoms with Gasteiger partial charge in [-0.25, -0.2) is 4.98 Å². The summed E-state index contributed by atoms with van der Waals surface area (Å²) in [5.74, 6) is 0.512. The highest BCUT2D eigenvalue weighted by Gasteiger charge is 2.23. The summed E-state index contributed by atoms with van der Waals surface area (Å²) < 4.78 is 3.40. The first-order valence-electron chi connectivity index (χ1n) is 9.97. The van der Waals surface area contributed by atoms with E-state index in [0.717, 1.165) is 29.7 Å². The molecule has 5 rings (SSSR count). The molecule has 10 heteroatoms. The molecule has 3 aromatic heterocycles. The van der Waals surface area contributed by atoms with Gasteiger partial charge in [0.15, 0.2) is 11.2 Å². The van der Waals surface area contributed by atoms with Gasteiger partial charge in [0.2, 0.25) is 5.95 Å². The summed E-state index contributed by atoms with van der Waals surface area (Å²) >= 11 is 0. The van der Waals surface area contributed by atoms with Crippen LogP contribution in [0.15, 0.2) is 42.9 Å². The summed E-state index contributed by atoms with van der Waals surface area (Å²) in [4.78, 5) is 8.93. The van der Waals surface area contributed by atoms with Crippen molar-refractivity contribution in [3.63, 3.8) is 0 Å². The minimum Gasteiger partial charge on any atom is -0.394 e. The van der Waals surface area contributed by atoms with E-state index in [2.05, 4.69) is 30.7 Å². The number of fused-ring (bicyclic) bond motifs is 1. The van der Waals surface area contributed by atoms with Gasteiger partial charge in [0.25, 0.3) is 0 Å². The fourth-order valence-electron chi connectivity index (χ4n) is 3.78. The van der Waals surface area contributed by atoms with Crippen LogP contribution in [0.5, 0.6) is 0 Å². The van der Waals surface area contributed by atoms with Gasteiger partial charge in [0.05, 0.1) is 37.3 Å². The molecule has 0 unspecified atom stereocenters. The molecule has 3 heterocycles. The molecule has 1 aromatic carbocycles. The van der Waals surface area contributed by atoms with Crippen LogP contribution in [0.4, 0.5) is 5.95 Å². The smallest absolute Gasteiger partial charge is 0.225 e. The monoisotopic (exact) mass is 406 g/mol. The number of benzene rings is 1. The van der Waals surface area contributed by atoms with Crippen molar-refractivity contribution in [2.24, 2.45) is 0 Å². The first-order valence-corrected chi connectivity index (χ1v) is 9.97. The zero-order valence-electron chi connectivity index (χ0n) is 16.3. The summed E-state index contributed by atoms with van der Waals surface area (Å²) in [5, 5.41) is 34.7. The summed E-state index contributed by atoms with van der Waals surface area (Å²) in [6.07, 6.45) is 7.48. The molecule has 1 aliphatic carbocycles. The van der Waals surface area contributed by atoms with Gasteiger partial charge in [-0.15, -0.1) is 5.10 Å². The Bertz CT molecular complexity index is 1150. The van der Waals surface area contributed by atoms with Gasteiger partial charge in [-0.1, -0.05) is 17.3 Å². The fourth-order valence-corrected chi connectivity index (χ4v) is 3.78. The quantitative estimate of drug-likeness (QED) is 0.438. The Balaban J connectivity index is 1.40. The molecule has 1 saturated carbocycles. The average Bonchev–Trinajstić information content (AvgIpc) is 3.49. The summed E-state index contributed by atoms with van der Waals surface area (Å²) in [6, 6.07) is 8.06. The van der Waals surface area contributed by atoms with Crippen LogP contribution in [-0.2, 0) is 6.54 Å². The molecular formula is C20H22N8O2. The van der Waals surface area contributed by atoms with Crippen molar-refractivity contribution in [3.8, 4) is 16.8 Å². The van der Waals surface area contributed by atoms with Crippen molar-refractivity contribution in [3.05, 3.63) is 42.9 Å². The van der Waals surface area contributed by atoms with Gasteiger partial charge in [-0.2, -0.15) is 14.8 Å². The molecule has 30 heavy (non-hydrogen) atoms. The Labute approximate surface area is 172 Å². The Morgan fingerprint density at radius 2 is 1.97 bits per heavy atom. The van der Waals surface area contributed by atoms with Crippen molar-refractivity contribution >= 4 is 17.1 Å². The fraction of sp³-hybridized carbons (Fsp3) is 0.350. The maximum Gasteiger partial charge on any atom is 0.225 e. The Kier molecular flexibility index (Phi) is 4.85. The molecule has 0 saturated heterocycles. The average molecular weight is 406 g/mol. The third-order valence-corrected chi connectivity index (χ3v) is 5.34. The molecule has 0 aliphatic heterocycles. The molecule has 1 fully saturated rings. The highest BCUT2D eigenvalue weighted by atomic mass is 16.3. The SMILES string of the molecule is OCCn1cc(-c2ccc(-n3nnc4cnc(N[C@@H]5CC[C@@H](O)C5)nc43)cc2)cn1. The van der Waals surface area contributed by atoms with Crippen LogP contribution < -0.4 is 5.32 Å². The van der Waals surface area contributed by atoms with Crippen LogP contribution in [-0.4, -0.2) is 63.7 Å². The Hall–Kier alpha value is -3.37.